The number of nitrogens with one attached hydrogen (secondary N) is 2. The van der Waals surface area contributed by atoms with Crippen LogP contribution in [0.15, 0.2) is 29.3 Å². The van der Waals surface area contributed by atoms with Crippen LogP contribution in [0.25, 0.3) is 0 Å². The molecule has 0 aliphatic heterocycles. The van der Waals surface area contributed by atoms with Crippen LogP contribution in [0.4, 0.5) is 0 Å². The number of hydrogen-bond donors (Lipinski definition) is 2. The average molecular weight is 322 g/mol. The van der Waals surface area contributed by atoms with E-state index >= 15 is 0 Å². The Labute approximate surface area is 137 Å². The lowest BCUT2D eigenvalue weighted by Gasteiger charge is -2.11. The molecular weight excluding hydrogens is 296 g/mol. The second kappa shape index (κ2) is 10.1. The lowest BCUT2D eigenvalue weighted by molar-refractivity contribution is 0.0827. The minimum Gasteiger partial charge on any atom is -0.357 e. The van der Waals surface area contributed by atoms with E-state index in [0.29, 0.717) is 12.1 Å². The van der Waals surface area contributed by atoms with E-state index in [0.717, 1.165) is 30.4 Å². The average Bonchev–Trinajstić information content (AvgIpc) is 2.52. The number of benzene rings is 1. The van der Waals surface area contributed by atoms with Crippen LogP contribution in [0.1, 0.15) is 22.8 Å². The van der Waals surface area contributed by atoms with Crippen molar-refractivity contribution < 1.29 is 4.79 Å². The number of carbonyl (C=O) groups excluding carboxylic acids is 1. The summed E-state index contributed by atoms with van der Waals surface area (Å²) in [7, 11) is 3.51. The van der Waals surface area contributed by atoms with Crippen molar-refractivity contribution in [2.24, 2.45) is 4.99 Å². The monoisotopic (exact) mass is 322 g/mol. The third kappa shape index (κ3) is 6.39. The molecule has 0 saturated heterocycles. The second-order valence-corrected chi connectivity index (χ2v) is 6.00. The minimum absolute atomic E-state index is 0.0159. The fourth-order valence-corrected chi connectivity index (χ4v) is 2.10. The number of amides is 1. The largest absolute Gasteiger partial charge is 0.357 e. The number of hydrogen-bond acceptors (Lipinski definition) is 3. The first-order valence-electron chi connectivity index (χ1n) is 7.40. The molecule has 0 radical (unpaired) electrons. The summed E-state index contributed by atoms with van der Waals surface area (Å²) in [6.45, 7) is 4.36. The molecule has 2 N–H and O–H groups in total. The number of guanidine groups is 1. The zero-order valence-corrected chi connectivity index (χ0v) is 14.7. The number of nitrogens with zero attached hydrogens (tertiary/aromatic N) is 2. The smallest absolute Gasteiger partial charge is 0.253 e. The van der Waals surface area contributed by atoms with Crippen LogP contribution < -0.4 is 10.6 Å². The maximum atomic E-state index is 11.8. The van der Waals surface area contributed by atoms with E-state index in [1.807, 2.05) is 31.2 Å². The fraction of sp³-hybridized carbons (Fsp3) is 0.500. The van der Waals surface area contributed by atoms with Gasteiger partial charge in [-0.05, 0) is 30.9 Å². The zero-order chi connectivity index (χ0) is 16.4. The Balaban J connectivity index is 2.63. The lowest BCUT2D eigenvalue weighted by Crippen LogP contribution is -2.38. The summed E-state index contributed by atoms with van der Waals surface area (Å²) in [5, 5.41) is 6.52. The third-order valence-corrected chi connectivity index (χ3v) is 3.58. The molecule has 22 heavy (non-hydrogen) atoms. The van der Waals surface area contributed by atoms with Crippen LogP contribution in [0.2, 0.25) is 0 Å². The number of rotatable bonds is 7. The van der Waals surface area contributed by atoms with Gasteiger partial charge in [-0.3, -0.25) is 4.79 Å². The maximum absolute atomic E-state index is 11.8. The Morgan fingerprint density at radius 1 is 1.23 bits per heavy atom. The molecule has 122 valence electrons. The zero-order valence-electron chi connectivity index (χ0n) is 13.8. The standard InChI is InChI=1S/C16H26N4OS/c1-5-17-16(18-10-11-22-4)19-12-13-6-8-14(9-7-13)15(21)20(2)3/h6-9H,5,10-12H2,1-4H3,(H2,17,18,19). The number of aliphatic imine (C=N–C) groups is 1. The third-order valence-electron chi connectivity index (χ3n) is 2.97. The maximum Gasteiger partial charge on any atom is 0.253 e. The van der Waals surface area contributed by atoms with Gasteiger partial charge in [-0.1, -0.05) is 12.1 Å². The predicted molar refractivity (Wildman–Crippen MR) is 95.7 cm³/mol. The number of thioether (sulfide) groups is 1. The SMILES string of the molecule is CCNC(=NCc1ccc(C(=O)N(C)C)cc1)NCCSC. The highest BCUT2D eigenvalue weighted by Gasteiger charge is 2.07. The van der Waals surface area contributed by atoms with Crippen LogP contribution in [-0.4, -0.2) is 56.0 Å². The molecule has 0 fully saturated rings. The molecule has 0 spiro atoms. The van der Waals surface area contributed by atoms with Crippen LogP contribution in [0.3, 0.4) is 0 Å². The van der Waals surface area contributed by atoms with Crippen LogP contribution in [-0.2, 0) is 6.54 Å². The minimum atomic E-state index is 0.0159. The van der Waals surface area contributed by atoms with Crippen LogP contribution >= 0.6 is 11.8 Å². The summed E-state index contributed by atoms with van der Waals surface area (Å²) in [4.78, 5) is 18.0. The van der Waals surface area contributed by atoms with Gasteiger partial charge in [0.05, 0.1) is 6.54 Å². The van der Waals surface area contributed by atoms with E-state index in [2.05, 4.69) is 21.9 Å². The van der Waals surface area contributed by atoms with Gasteiger partial charge in [0.25, 0.3) is 5.91 Å². The molecule has 1 aromatic carbocycles. The molecule has 0 aromatic heterocycles. The van der Waals surface area contributed by atoms with Gasteiger partial charge in [0.1, 0.15) is 0 Å². The van der Waals surface area contributed by atoms with Gasteiger partial charge in [0.2, 0.25) is 0 Å². The van der Waals surface area contributed by atoms with Crippen molar-refractivity contribution in [2.45, 2.75) is 13.5 Å². The van der Waals surface area contributed by atoms with E-state index in [-0.39, 0.29) is 5.91 Å². The van der Waals surface area contributed by atoms with Crippen LogP contribution in [0.5, 0.6) is 0 Å². The van der Waals surface area contributed by atoms with Crippen molar-refractivity contribution in [3.05, 3.63) is 35.4 Å². The van der Waals surface area contributed by atoms with Gasteiger partial charge < -0.3 is 15.5 Å². The highest BCUT2D eigenvalue weighted by atomic mass is 32.2. The quantitative estimate of drug-likeness (QED) is 0.457. The van der Waals surface area contributed by atoms with Crippen molar-refractivity contribution >= 4 is 23.6 Å². The molecular formula is C16H26N4OS. The van der Waals surface area contributed by atoms with E-state index < -0.39 is 0 Å². The van der Waals surface area contributed by atoms with E-state index in [1.165, 1.54) is 0 Å². The van der Waals surface area contributed by atoms with Crippen molar-refractivity contribution in [3.63, 3.8) is 0 Å². The van der Waals surface area contributed by atoms with Gasteiger partial charge >= 0.3 is 0 Å². The molecule has 0 atom stereocenters. The molecule has 0 heterocycles. The van der Waals surface area contributed by atoms with Crippen molar-refractivity contribution in [3.8, 4) is 0 Å². The summed E-state index contributed by atoms with van der Waals surface area (Å²) in [5.41, 5.74) is 1.78. The van der Waals surface area contributed by atoms with Gasteiger partial charge in [0, 0.05) is 38.5 Å². The predicted octanol–water partition coefficient (Wildman–Crippen LogP) is 1.81. The van der Waals surface area contributed by atoms with Crippen molar-refractivity contribution in [1.29, 1.82) is 0 Å². The second-order valence-electron chi connectivity index (χ2n) is 5.01. The molecule has 1 amide bonds. The summed E-state index contributed by atoms with van der Waals surface area (Å²) >= 11 is 1.80. The van der Waals surface area contributed by atoms with Crippen LogP contribution in [0, 0.1) is 0 Å². The summed E-state index contributed by atoms with van der Waals surface area (Å²) in [5.74, 6) is 1.89. The van der Waals surface area contributed by atoms with Crippen molar-refractivity contribution in [1.82, 2.24) is 15.5 Å². The molecule has 0 bridgehead atoms. The number of carbonyl (C=O) groups is 1. The van der Waals surface area contributed by atoms with Gasteiger partial charge in [-0.2, -0.15) is 11.8 Å². The van der Waals surface area contributed by atoms with Gasteiger partial charge in [-0.25, -0.2) is 4.99 Å². The molecule has 5 nitrogen and oxygen atoms in total. The molecule has 6 heteroatoms. The first kappa shape index (κ1) is 18.4. The summed E-state index contributed by atoms with van der Waals surface area (Å²) < 4.78 is 0. The topological polar surface area (TPSA) is 56.7 Å². The molecule has 0 saturated carbocycles. The molecule has 0 aliphatic rings. The summed E-state index contributed by atoms with van der Waals surface area (Å²) in [6.07, 6.45) is 2.09. The Morgan fingerprint density at radius 3 is 2.45 bits per heavy atom. The molecule has 0 unspecified atom stereocenters. The summed E-state index contributed by atoms with van der Waals surface area (Å²) in [6, 6.07) is 7.60. The lowest BCUT2D eigenvalue weighted by atomic mass is 10.1. The Hall–Kier alpha value is -1.69. The molecule has 1 rings (SSSR count). The Bertz CT molecular complexity index is 485. The van der Waals surface area contributed by atoms with E-state index in [9.17, 15) is 4.79 Å². The Kier molecular flexibility index (Phi) is 8.43. The van der Waals surface area contributed by atoms with E-state index in [4.69, 9.17) is 0 Å². The normalized spacial score (nSPS) is 11.2. The van der Waals surface area contributed by atoms with Crippen molar-refractivity contribution in [2.75, 3.05) is 39.2 Å². The first-order valence-corrected chi connectivity index (χ1v) is 8.79. The van der Waals surface area contributed by atoms with E-state index in [1.54, 1.807) is 30.8 Å². The van der Waals surface area contributed by atoms with Gasteiger partial charge in [-0.15, -0.1) is 0 Å². The molecule has 1 aromatic rings. The van der Waals surface area contributed by atoms with Gasteiger partial charge in [0.15, 0.2) is 5.96 Å². The fourth-order valence-electron chi connectivity index (χ4n) is 1.79. The first-order chi connectivity index (χ1) is 10.6. The highest BCUT2D eigenvalue weighted by Crippen LogP contribution is 2.07. The molecule has 0 aliphatic carbocycles. The Morgan fingerprint density at radius 2 is 1.91 bits per heavy atom. The highest BCUT2D eigenvalue weighted by molar-refractivity contribution is 7.98.